The molecule has 0 aliphatic rings. The number of halogens is 1. The van der Waals surface area contributed by atoms with Gasteiger partial charge in [0.05, 0.1) is 13.7 Å². The molecule has 1 aromatic carbocycles. The zero-order valence-corrected chi connectivity index (χ0v) is 16.2. The Morgan fingerprint density at radius 3 is 2.54 bits per heavy atom. The summed E-state index contributed by atoms with van der Waals surface area (Å²) in [6.45, 7) is 6.29. The standard InChI is InChI=1S/C19H23ClN2O4/c1-5-25-19(23)16-18(24-4)21-15(10-12(2)3)17(22-16)26-11-13-8-6-7-9-14(13)20/h6-9,12H,5,10-11H2,1-4H3. The molecule has 2 rings (SSSR count). The van der Waals surface area contributed by atoms with Gasteiger partial charge < -0.3 is 14.2 Å². The van der Waals surface area contributed by atoms with Gasteiger partial charge in [0.2, 0.25) is 17.5 Å². The lowest BCUT2D eigenvalue weighted by atomic mass is 10.1. The molecule has 0 bridgehead atoms. The molecule has 0 atom stereocenters. The number of hydrogen-bond acceptors (Lipinski definition) is 6. The summed E-state index contributed by atoms with van der Waals surface area (Å²) in [5.74, 6) is 0.132. The van der Waals surface area contributed by atoms with Crippen LogP contribution in [0, 0.1) is 5.92 Å². The van der Waals surface area contributed by atoms with Crippen molar-refractivity contribution in [2.75, 3.05) is 13.7 Å². The average molecular weight is 379 g/mol. The maximum atomic E-state index is 12.2. The molecule has 0 aliphatic carbocycles. The first-order valence-corrected chi connectivity index (χ1v) is 8.82. The molecule has 0 saturated heterocycles. The van der Waals surface area contributed by atoms with Crippen molar-refractivity contribution in [1.29, 1.82) is 0 Å². The number of hydrogen-bond donors (Lipinski definition) is 0. The summed E-state index contributed by atoms with van der Waals surface area (Å²) in [5.41, 5.74) is 1.44. The Hall–Kier alpha value is -2.34. The van der Waals surface area contributed by atoms with Gasteiger partial charge in [0, 0.05) is 10.6 Å². The van der Waals surface area contributed by atoms with Crippen molar-refractivity contribution >= 4 is 17.6 Å². The van der Waals surface area contributed by atoms with Gasteiger partial charge in [-0.25, -0.2) is 9.78 Å². The fourth-order valence-electron chi connectivity index (χ4n) is 2.31. The second-order valence-corrected chi connectivity index (χ2v) is 6.44. The highest BCUT2D eigenvalue weighted by molar-refractivity contribution is 6.31. The highest BCUT2D eigenvalue weighted by Gasteiger charge is 2.22. The summed E-state index contributed by atoms with van der Waals surface area (Å²) in [6.07, 6.45) is 0.629. The van der Waals surface area contributed by atoms with E-state index in [9.17, 15) is 4.79 Å². The van der Waals surface area contributed by atoms with Crippen LogP contribution in [0.4, 0.5) is 0 Å². The summed E-state index contributed by atoms with van der Waals surface area (Å²) in [4.78, 5) is 20.9. The maximum Gasteiger partial charge on any atom is 0.362 e. The number of carbonyl (C=O) groups is 1. The van der Waals surface area contributed by atoms with Crippen molar-refractivity contribution < 1.29 is 19.0 Å². The van der Waals surface area contributed by atoms with Crippen LogP contribution in [0.2, 0.25) is 5.02 Å². The molecule has 6 nitrogen and oxygen atoms in total. The normalized spacial score (nSPS) is 10.7. The Bertz CT molecular complexity index is 765. The van der Waals surface area contributed by atoms with Gasteiger partial charge in [-0.1, -0.05) is 43.6 Å². The summed E-state index contributed by atoms with van der Waals surface area (Å²) >= 11 is 6.18. The maximum absolute atomic E-state index is 12.2. The lowest BCUT2D eigenvalue weighted by Gasteiger charge is -2.15. The third kappa shape index (κ3) is 5.08. The van der Waals surface area contributed by atoms with Gasteiger partial charge in [-0.15, -0.1) is 0 Å². The number of rotatable bonds is 8. The largest absolute Gasteiger partial charge is 0.479 e. The Balaban J connectivity index is 2.38. The van der Waals surface area contributed by atoms with E-state index in [0.29, 0.717) is 23.1 Å². The first-order valence-electron chi connectivity index (χ1n) is 8.44. The molecule has 7 heteroatoms. The van der Waals surface area contributed by atoms with Gasteiger partial charge >= 0.3 is 5.97 Å². The molecule has 140 valence electrons. The van der Waals surface area contributed by atoms with E-state index in [-0.39, 0.29) is 30.7 Å². The van der Waals surface area contributed by atoms with Crippen molar-refractivity contribution in [2.24, 2.45) is 5.92 Å². The summed E-state index contributed by atoms with van der Waals surface area (Å²) in [7, 11) is 1.44. The van der Waals surface area contributed by atoms with Crippen LogP contribution in [0.3, 0.4) is 0 Å². The van der Waals surface area contributed by atoms with E-state index in [4.69, 9.17) is 25.8 Å². The second kappa shape index (κ2) is 9.38. The zero-order valence-electron chi connectivity index (χ0n) is 15.4. The van der Waals surface area contributed by atoms with Crippen molar-refractivity contribution in [1.82, 2.24) is 9.97 Å². The van der Waals surface area contributed by atoms with Gasteiger partial charge in [0.25, 0.3) is 0 Å². The molecular weight excluding hydrogens is 356 g/mol. The van der Waals surface area contributed by atoms with Crippen molar-refractivity contribution in [2.45, 2.75) is 33.8 Å². The van der Waals surface area contributed by atoms with Crippen molar-refractivity contribution in [3.8, 4) is 11.8 Å². The molecule has 1 aromatic heterocycles. The minimum atomic E-state index is -0.601. The number of benzene rings is 1. The lowest BCUT2D eigenvalue weighted by molar-refractivity contribution is 0.0512. The Morgan fingerprint density at radius 1 is 1.19 bits per heavy atom. The third-order valence-corrected chi connectivity index (χ3v) is 3.85. The monoisotopic (exact) mass is 378 g/mol. The minimum absolute atomic E-state index is 0.00369. The van der Waals surface area contributed by atoms with Crippen LogP contribution in [-0.4, -0.2) is 29.7 Å². The van der Waals surface area contributed by atoms with Crippen LogP contribution in [0.15, 0.2) is 24.3 Å². The summed E-state index contributed by atoms with van der Waals surface area (Å²) in [5, 5.41) is 0.602. The number of nitrogens with zero attached hydrogens (tertiary/aromatic N) is 2. The van der Waals surface area contributed by atoms with Crippen molar-refractivity contribution in [3.05, 3.63) is 46.2 Å². The first-order chi connectivity index (χ1) is 12.5. The Labute approximate surface area is 158 Å². The zero-order chi connectivity index (χ0) is 19.1. The molecule has 1 heterocycles. The number of ether oxygens (including phenoxy) is 3. The molecule has 0 radical (unpaired) electrons. The van der Waals surface area contributed by atoms with E-state index in [0.717, 1.165) is 5.56 Å². The molecule has 0 fully saturated rings. The molecular formula is C19H23ClN2O4. The van der Waals surface area contributed by atoms with Crippen LogP contribution >= 0.6 is 11.6 Å². The Kier molecular flexibility index (Phi) is 7.21. The average Bonchev–Trinajstić information content (AvgIpc) is 2.61. The second-order valence-electron chi connectivity index (χ2n) is 6.03. The van der Waals surface area contributed by atoms with Crippen LogP contribution < -0.4 is 9.47 Å². The van der Waals surface area contributed by atoms with E-state index in [2.05, 4.69) is 23.8 Å². The number of methoxy groups -OCH3 is 1. The predicted octanol–water partition coefficient (Wildman–Crippen LogP) is 4.09. The van der Waals surface area contributed by atoms with E-state index in [1.54, 1.807) is 13.0 Å². The topological polar surface area (TPSA) is 70.5 Å². The molecule has 0 saturated carbocycles. The smallest absolute Gasteiger partial charge is 0.362 e. The summed E-state index contributed by atoms with van der Waals surface area (Å²) in [6, 6.07) is 7.39. The quantitative estimate of drug-likeness (QED) is 0.644. The van der Waals surface area contributed by atoms with Crippen LogP contribution in [-0.2, 0) is 17.8 Å². The van der Waals surface area contributed by atoms with E-state index >= 15 is 0 Å². The highest BCUT2D eigenvalue weighted by Crippen LogP contribution is 2.26. The lowest BCUT2D eigenvalue weighted by Crippen LogP contribution is -2.14. The van der Waals surface area contributed by atoms with E-state index in [1.165, 1.54) is 7.11 Å². The summed E-state index contributed by atoms with van der Waals surface area (Å²) < 4.78 is 16.1. The number of esters is 1. The highest BCUT2D eigenvalue weighted by atomic mass is 35.5. The van der Waals surface area contributed by atoms with Gasteiger partial charge in [-0.2, -0.15) is 4.98 Å². The Morgan fingerprint density at radius 2 is 1.92 bits per heavy atom. The fraction of sp³-hybridized carbons (Fsp3) is 0.421. The molecule has 26 heavy (non-hydrogen) atoms. The molecule has 0 amide bonds. The SMILES string of the molecule is CCOC(=O)c1nc(OCc2ccccc2Cl)c(CC(C)C)nc1OC. The van der Waals surface area contributed by atoms with Crippen LogP contribution in [0.1, 0.15) is 42.5 Å². The van der Waals surface area contributed by atoms with Gasteiger partial charge in [-0.05, 0) is 25.3 Å². The third-order valence-electron chi connectivity index (χ3n) is 3.49. The van der Waals surface area contributed by atoms with Crippen molar-refractivity contribution in [3.63, 3.8) is 0 Å². The van der Waals surface area contributed by atoms with Gasteiger partial charge in [0.15, 0.2) is 0 Å². The molecule has 0 spiro atoms. The molecule has 0 N–H and O–H groups in total. The number of carbonyl (C=O) groups excluding carboxylic acids is 1. The van der Waals surface area contributed by atoms with Crippen LogP contribution in [0.25, 0.3) is 0 Å². The number of aromatic nitrogens is 2. The molecule has 2 aromatic rings. The predicted molar refractivity (Wildman–Crippen MR) is 98.9 cm³/mol. The molecule has 0 aliphatic heterocycles. The van der Waals surface area contributed by atoms with E-state index in [1.807, 2.05) is 18.2 Å². The first kappa shape index (κ1) is 20.0. The minimum Gasteiger partial charge on any atom is -0.479 e. The van der Waals surface area contributed by atoms with Gasteiger partial charge in [-0.3, -0.25) is 0 Å². The molecule has 0 unspecified atom stereocenters. The van der Waals surface area contributed by atoms with Crippen LogP contribution in [0.5, 0.6) is 11.8 Å². The van der Waals surface area contributed by atoms with Gasteiger partial charge in [0.1, 0.15) is 12.3 Å². The fourth-order valence-corrected chi connectivity index (χ4v) is 2.50. The van der Waals surface area contributed by atoms with E-state index < -0.39 is 5.97 Å².